The molecule has 0 saturated carbocycles. The van der Waals surface area contributed by atoms with Crippen LogP contribution in [-0.4, -0.2) is 35.4 Å². The zero-order valence-electron chi connectivity index (χ0n) is 15.5. The van der Waals surface area contributed by atoms with Crippen molar-refractivity contribution in [1.29, 1.82) is 0 Å². The number of benzene rings is 1. The number of carbonyl (C=O) groups is 1. The van der Waals surface area contributed by atoms with Gasteiger partial charge in [-0.25, -0.2) is 14.1 Å². The Hall–Kier alpha value is -4.08. The molecule has 10 heteroatoms. The van der Waals surface area contributed by atoms with Gasteiger partial charge in [0.15, 0.2) is 5.65 Å². The number of hydrogen-bond acceptors (Lipinski definition) is 6. The normalized spacial score (nSPS) is 10.8. The monoisotopic (exact) mass is 392 g/mol. The Bertz CT molecular complexity index is 1210. The van der Waals surface area contributed by atoms with Crippen LogP contribution in [-0.2, 0) is 18.4 Å². The molecule has 3 aromatic heterocycles. The fraction of sp³-hybridized carbons (Fsp3) is 0.105. The highest BCUT2D eigenvalue weighted by atomic mass is 19.1. The van der Waals surface area contributed by atoms with Crippen molar-refractivity contribution in [3.8, 4) is 0 Å². The van der Waals surface area contributed by atoms with Crippen LogP contribution in [0.4, 0.5) is 21.7 Å². The van der Waals surface area contributed by atoms with E-state index in [2.05, 4.69) is 37.4 Å². The van der Waals surface area contributed by atoms with Crippen molar-refractivity contribution in [2.24, 2.45) is 7.05 Å². The molecule has 29 heavy (non-hydrogen) atoms. The molecule has 0 saturated heterocycles. The molecule has 0 aliphatic rings. The van der Waals surface area contributed by atoms with Gasteiger partial charge in [0.05, 0.1) is 35.7 Å². The fourth-order valence-corrected chi connectivity index (χ4v) is 2.78. The van der Waals surface area contributed by atoms with Crippen molar-refractivity contribution in [3.63, 3.8) is 0 Å². The Balaban J connectivity index is 1.61. The van der Waals surface area contributed by atoms with Gasteiger partial charge in [0, 0.05) is 19.4 Å². The number of aromatic nitrogens is 6. The zero-order chi connectivity index (χ0) is 20.4. The summed E-state index contributed by atoms with van der Waals surface area (Å²) in [6.45, 7) is 3.71. The minimum absolute atomic E-state index is 0.0809. The maximum atomic E-state index is 14.0. The number of carbonyl (C=O) groups excluding carboxylic acids is 1. The van der Waals surface area contributed by atoms with Crippen LogP contribution in [0, 0.1) is 5.82 Å². The van der Waals surface area contributed by atoms with Crippen LogP contribution < -0.4 is 10.6 Å². The summed E-state index contributed by atoms with van der Waals surface area (Å²) in [5.74, 6) is -0.603. The van der Waals surface area contributed by atoms with E-state index in [-0.39, 0.29) is 5.69 Å². The van der Waals surface area contributed by atoms with E-state index in [9.17, 15) is 9.18 Å². The highest BCUT2D eigenvalue weighted by molar-refractivity contribution is 5.99. The summed E-state index contributed by atoms with van der Waals surface area (Å²) < 4.78 is 17.3. The molecule has 2 N–H and O–H groups in total. The predicted octanol–water partition coefficient (Wildman–Crippen LogP) is 2.62. The van der Waals surface area contributed by atoms with Gasteiger partial charge in [-0.1, -0.05) is 12.6 Å². The van der Waals surface area contributed by atoms with Gasteiger partial charge in [0.25, 0.3) is 0 Å². The average Bonchev–Trinajstić information content (AvgIpc) is 3.30. The zero-order valence-corrected chi connectivity index (χ0v) is 15.5. The summed E-state index contributed by atoms with van der Waals surface area (Å²) in [5.41, 5.74) is 2.21. The maximum absolute atomic E-state index is 14.0. The number of aryl methyl sites for hydroxylation is 1. The second-order valence-electron chi connectivity index (χ2n) is 6.31. The van der Waals surface area contributed by atoms with E-state index >= 15 is 0 Å². The molecule has 0 aliphatic heterocycles. The molecule has 0 unspecified atom stereocenters. The van der Waals surface area contributed by atoms with Crippen LogP contribution in [0.3, 0.4) is 0 Å². The highest BCUT2D eigenvalue weighted by Gasteiger charge is 2.11. The van der Waals surface area contributed by atoms with Gasteiger partial charge in [-0.05, 0) is 23.8 Å². The Labute approximate surface area is 164 Å². The maximum Gasteiger partial charge on any atom is 0.247 e. The Morgan fingerprint density at radius 3 is 2.90 bits per heavy atom. The third-order valence-corrected chi connectivity index (χ3v) is 4.14. The molecular formula is C19H17FN8O. The minimum Gasteiger partial charge on any atom is -0.321 e. The first kappa shape index (κ1) is 18.3. The van der Waals surface area contributed by atoms with E-state index in [0.717, 1.165) is 22.7 Å². The van der Waals surface area contributed by atoms with Gasteiger partial charge < -0.3 is 10.6 Å². The summed E-state index contributed by atoms with van der Waals surface area (Å²) >= 11 is 0. The van der Waals surface area contributed by atoms with Crippen LogP contribution in [0.2, 0.25) is 0 Å². The lowest BCUT2D eigenvalue weighted by Gasteiger charge is -2.08. The Kier molecular flexibility index (Phi) is 4.73. The molecule has 4 aromatic rings. The highest BCUT2D eigenvalue weighted by Crippen LogP contribution is 2.20. The first-order valence-corrected chi connectivity index (χ1v) is 8.68. The van der Waals surface area contributed by atoms with E-state index in [1.54, 1.807) is 40.1 Å². The quantitative estimate of drug-likeness (QED) is 0.489. The smallest absolute Gasteiger partial charge is 0.247 e. The molecule has 0 bridgehead atoms. The Morgan fingerprint density at radius 2 is 2.14 bits per heavy atom. The summed E-state index contributed by atoms with van der Waals surface area (Å²) in [6.07, 6.45) is 7.89. The first-order chi connectivity index (χ1) is 14.0. The van der Waals surface area contributed by atoms with Crippen molar-refractivity contribution in [2.75, 3.05) is 10.6 Å². The third kappa shape index (κ3) is 3.95. The van der Waals surface area contributed by atoms with E-state index in [1.807, 2.05) is 13.2 Å². The standard InChI is InChI=1S/C19H17FN8O/c1-3-17(29)25-16-6-12(4-5-15(16)20)10-28-18-13(8-23-28)7-21-19(26-18)24-14-9-22-27(2)11-14/h3-9,11H,1,10H2,2H3,(H,25,29)(H,21,24,26). The van der Waals surface area contributed by atoms with Crippen molar-refractivity contribution in [3.05, 3.63) is 67.0 Å². The fourth-order valence-electron chi connectivity index (χ4n) is 2.78. The van der Waals surface area contributed by atoms with Gasteiger partial charge in [0.1, 0.15) is 5.82 Å². The molecule has 146 valence electrons. The predicted molar refractivity (Wildman–Crippen MR) is 106 cm³/mol. The first-order valence-electron chi connectivity index (χ1n) is 8.68. The molecule has 9 nitrogen and oxygen atoms in total. The lowest BCUT2D eigenvalue weighted by atomic mass is 10.2. The van der Waals surface area contributed by atoms with Crippen molar-refractivity contribution in [1.82, 2.24) is 29.5 Å². The van der Waals surface area contributed by atoms with Crippen LogP contribution in [0.15, 0.2) is 55.6 Å². The lowest BCUT2D eigenvalue weighted by molar-refractivity contribution is -0.111. The number of amides is 1. The molecule has 0 fully saturated rings. The van der Waals surface area contributed by atoms with Gasteiger partial charge in [-0.2, -0.15) is 15.2 Å². The summed E-state index contributed by atoms with van der Waals surface area (Å²) in [5, 5.41) is 14.7. The van der Waals surface area contributed by atoms with Gasteiger partial charge in [-0.15, -0.1) is 0 Å². The molecule has 0 aliphatic carbocycles. The van der Waals surface area contributed by atoms with Crippen molar-refractivity contribution >= 4 is 34.3 Å². The van der Waals surface area contributed by atoms with Crippen LogP contribution in [0.5, 0.6) is 0 Å². The van der Waals surface area contributed by atoms with Crippen molar-refractivity contribution < 1.29 is 9.18 Å². The molecule has 1 aromatic carbocycles. The topological polar surface area (TPSA) is 103 Å². The average molecular weight is 392 g/mol. The SMILES string of the molecule is C=CC(=O)Nc1cc(Cn2ncc3cnc(Nc4cnn(C)c4)nc32)ccc1F. The largest absolute Gasteiger partial charge is 0.321 e. The summed E-state index contributed by atoms with van der Waals surface area (Å²) in [7, 11) is 1.82. The van der Waals surface area contributed by atoms with Crippen LogP contribution in [0.1, 0.15) is 5.56 Å². The van der Waals surface area contributed by atoms with Crippen molar-refractivity contribution in [2.45, 2.75) is 6.54 Å². The third-order valence-electron chi connectivity index (χ3n) is 4.14. The number of fused-ring (bicyclic) bond motifs is 1. The molecule has 0 spiro atoms. The number of halogens is 1. The Morgan fingerprint density at radius 1 is 1.28 bits per heavy atom. The van der Waals surface area contributed by atoms with Crippen LogP contribution >= 0.6 is 0 Å². The number of nitrogens with one attached hydrogen (secondary N) is 2. The second-order valence-corrected chi connectivity index (χ2v) is 6.31. The van der Waals surface area contributed by atoms with Gasteiger partial charge in [-0.3, -0.25) is 9.48 Å². The summed E-state index contributed by atoms with van der Waals surface area (Å²) in [6, 6.07) is 4.48. The molecule has 1 amide bonds. The van der Waals surface area contributed by atoms with E-state index in [1.165, 1.54) is 6.07 Å². The molecule has 0 radical (unpaired) electrons. The van der Waals surface area contributed by atoms with Gasteiger partial charge >= 0.3 is 0 Å². The van der Waals surface area contributed by atoms with E-state index in [4.69, 9.17) is 0 Å². The number of anilines is 3. The van der Waals surface area contributed by atoms with E-state index < -0.39 is 11.7 Å². The minimum atomic E-state index is -0.528. The number of rotatable bonds is 6. The molecule has 4 rings (SSSR count). The molecule has 3 heterocycles. The number of hydrogen-bond donors (Lipinski definition) is 2. The second kappa shape index (κ2) is 7.50. The summed E-state index contributed by atoms with van der Waals surface area (Å²) in [4.78, 5) is 20.3. The lowest BCUT2D eigenvalue weighted by Crippen LogP contribution is -2.10. The van der Waals surface area contributed by atoms with E-state index in [0.29, 0.717) is 18.1 Å². The van der Waals surface area contributed by atoms with Crippen LogP contribution in [0.25, 0.3) is 11.0 Å². The number of nitrogens with zero attached hydrogens (tertiary/aromatic N) is 6. The molecule has 0 atom stereocenters. The molecular weight excluding hydrogens is 375 g/mol. The van der Waals surface area contributed by atoms with Gasteiger partial charge in [0.2, 0.25) is 11.9 Å².